The van der Waals surface area contributed by atoms with Crippen molar-refractivity contribution in [1.29, 1.82) is 0 Å². The summed E-state index contributed by atoms with van der Waals surface area (Å²) in [6.45, 7) is 0. The van der Waals surface area contributed by atoms with E-state index in [2.05, 4.69) is 10.3 Å². The van der Waals surface area contributed by atoms with E-state index >= 15 is 0 Å². The van der Waals surface area contributed by atoms with E-state index in [0.29, 0.717) is 11.1 Å². The number of anilines is 1. The Labute approximate surface area is 68.2 Å². The highest BCUT2D eigenvalue weighted by atomic mass is 16.4. The molecule has 0 saturated carbocycles. The minimum atomic E-state index is -0.423. The molecule has 1 aromatic carbocycles. The largest absolute Gasteiger partial charge is 0.417 e. The molecule has 0 amide bonds. The standard InChI is InChI=1S/C8H8N2O2/c1-9-5-3-2-4-6-7(5)10-8(11)12-6/h2-4,9H,1H3,(H,10,11). The van der Waals surface area contributed by atoms with Crippen LogP contribution >= 0.6 is 0 Å². The quantitative estimate of drug-likeness (QED) is 0.665. The number of para-hydroxylation sites is 1. The van der Waals surface area contributed by atoms with E-state index in [4.69, 9.17) is 4.42 Å². The summed E-state index contributed by atoms with van der Waals surface area (Å²) in [6.07, 6.45) is 0. The molecule has 0 fully saturated rings. The van der Waals surface area contributed by atoms with Gasteiger partial charge in [-0.3, -0.25) is 4.98 Å². The fourth-order valence-electron chi connectivity index (χ4n) is 1.18. The van der Waals surface area contributed by atoms with Gasteiger partial charge >= 0.3 is 5.76 Å². The Kier molecular flexibility index (Phi) is 1.40. The molecular formula is C8H8N2O2. The number of rotatable bonds is 1. The lowest BCUT2D eigenvalue weighted by molar-refractivity contribution is 0.555. The van der Waals surface area contributed by atoms with Gasteiger partial charge in [0.25, 0.3) is 0 Å². The molecule has 4 heteroatoms. The van der Waals surface area contributed by atoms with Crippen molar-refractivity contribution in [2.24, 2.45) is 0 Å². The monoisotopic (exact) mass is 164 g/mol. The fraction of sp³-hybridized carbons (Fsp3) is 0.125. The summed E-state index contributed by atoms with van der Waals surface area (Å²) >= 11 is 0. The smallest absolute Gasteiger partial charge is 0.408 e. The molecule has 0 unspecified atom stereocenters. The van der Waals surface area contributed by atoms with Crippen molar-refractivity contribution in [2.45, 2.75) is 0 Å². The zero-order chi connectivity index (χ0) is 8.55. The average molecular weight is 164 g/mol. The SMILES string of the molecule is CNc1cccc2oc(=O)[nH]c12. The molecule has 2 aromatic rings. The summed E-state index contributed by atoms with van der Waals surface area (Å²) in [5.74, 6) is -0.423. The topological polar surface area (TPSA) is 58.0 Å². The van der Waals surface area contributed by atoms with Gasteiger partial charge in [-0.1, -0.05) is 6.07 Å². The Morgan fingerprint density at radius 1 is 1.50 bits per heavy atom. The summed E-state index contributed by atoms with van der Waals surface area (Å²) in [5, 5.41) is 2.95. The average Bonchev–Trinajstić information content (AvgIpc) is 2.44. The number of aromatic amines is 1. The number of aromatic nitrogens is 1. The molecular weight excluding hydrogens is 156 g/mol. The third-order valence-electron chi connectivity index (χ3n) is 1.73. The first kappa shape index (κ1) is 6.97. The van der Waals surface area contributed by atoms with E-state index in [9.17, 15) is 4.79 Å². The third-order valence-corrected chi connectivity index (χ3v) is 1.73. The van der Waals surface area contributed by atoms with Gasteiger partial charge in [-0.2, -0.15) is 0 Å². The van der Waals surface area contributed by atoms with Crippen LogP contribution in [0, 0.1) is 0 Å². The number of H-pyrrole nitrogens is 1. The van der Waals surface area contributed by atoms with E-state index in [1.165, 1.54) is 0 Å². The van der Waals surface area contributed by atoms with Crippen molar-refractivity contribution in [3.63, 3.8) is 0 Å². The van der Waals surface area contributed by atoms with E-state index in [1.54, 1.807) is 13.1 Å². The van der Waals surface area contributed by atoms with Crippen molar-refractivity contribution in [1.82, 2.24) is 4.98 Å². The molecule has 4 nitrogen and oxygen atoms in total. The fourth-order valence-corrected chi connectivity index (χ4v) is 1.18. The summed E-state index contributed by atoms with van der Waals surface area (Å²) in [4.78, 5) is 13.4. The summed E-state index contributed by atoms with van der Waals surface area (Å²) in [6, 6.07) is 5.44. The van der Waals surface area contributed by atoms with Crippen LogP contribution in [0.4, 0.5) is 5.69 Å². The number of benzene rings is 1. The predicted molar refractivity (Wildman–Crippen MR) is 46.4 cm³/mol. The Bertz CT molecular complexity index is 455. The van der Waals surface area contributed by atoms with Crippen LogP contribution in [0.15, 0.2) is 27.4 Å². The van der Waals surface area contributed by atoms with E-state index in [1.807, 2.05) is 12.1 Å². The van der Waals surface area contributed by atoms with Crippen molar-refractivity contribution in [2.75, 3.05) is 12.4 Å². The second-order valence-corrected chi connectivity index (χ2v) is 2.44. The van der Waals surface area contributed by atoms with Gasteiger partial charge < -0.3 is 9.73 Å². The molecule has 0 aliphatic rings. The van der Waals surface area contributed by atoms with Gasteiger partial charge in [0.1, 0.15) is 5.52 Å². The van der Waals surface area contributed by atoms with E-state index < -0.39 is 5.76 Å². The van der Waals surface area contributed by atoms with Crippen LogP contribution in [-0.4, -0.2) is 12.0 Å². The molecule has 12 heavy (non-hydrogen) atoms. The number of fused-ring (bicyclic) bond motifs is 1. The first-order valence-electron chi connectivity index (χ1n) is 3.61. The van der Waals surface area contributed by atoms with Crippen molar-refractivity contribution in [3.8, 4) is 0 Å². The third kappa shape index (κ3) is 0.887. The van der Waals surface area contributed by atoms with Gasteiger partial charge in [0.2, 0.25) is 0 Å². The molecule has 0 saturated heterocycles. The second kappa shape index (κ2) is 2.41. The van der Waals surface area contributed by atoms with Crippen molar-refractivity contribution < 1.29 is 4.42 Å². The van der Waals surface area contributed by atoms with Crippen LogP contribution in [0.1, 0.15) is 0 Å². The van der Waals surface area contributed by atoms with Gasteiger partial charge in [-0.25, -0.2) is 4.79 Å². The first-order valence-corrected chi connectivity index (χ1v) is 3.61. The highest BCUT2D eigenvalue weighted by Gasteiger charge is 2.03. The summed E-state index contributed by atoms with van der Waals surface area (Å²) in [7, 11) is 1.79. The Hall–Kier alpha value is -1.71. The minimum absolute atomic E-state index is 0.423. The molecule has 0 aliphatic heterocycles. The lowest BCUT2D eigenvalue weighted by Gasteiger charge is -1.97. The van der Waals surface area contributed by atoms with Crippen molar-refractivity contribution in [3.05, 3.63) is 28.7 Å². The Morgan fingerprint density at radius 2 is 2.33 bits per heavy atom. The van der Waals surface area contributed by atoms with E-state index in [-0.39, 0.29) is 0 Å². The zero-order valence-electron chi connectivity index (χ0n) is 6.55. The van der Waals surface area contributed by atoms with Gasteiger partial charge in [0.15, 0.2) is 5.58 Å². The summed E-state index contributed by atoms with van der Waals surface area (Å²) in [5.41, 5.74) is 2.15. The molecule has 2 rings (SSSR count). The van der Waals surface area contributed by atoms with Crippen LogP contribution in [0.3, 0.4) is 0 Å². The van der Waals surface area contributed by atoms with Crippen LogP contribution < -0.4 is 11.1 Å². The maximum Gasteiger partial charge on any atom is 0.417 e. The first-order chi connectivity index (χ1) is 5.81. The lowest BCUT2D eigenvalue weighted by Crippen LogP contribution is -1.94. The maximum atomic E-state index is 10.8. The van der Waals surface area contributed by atoms with Crippen LogP contribution in [0.5, 0.6) is 0 Å². The van der Waals surface area contributed by atoms with Gasteiger partial charge in [0, 0.05) is 7.05 Å². The Morgan fingerprint density at radius 3 is 3.08 bits per heavy atom. The van der Waals surface area contributed by atoms with Gasteiger partial charge in [0.05, 0.1) is 5.69 Å². The number of hydrogen-bond donors (Lipinski definition) is 2. The van der Waals surface area contributed by atoms with Gasteiger partial charge in [-0.05, 0) is 12.1 Å². The number of oxazole rings is 1. The van der Waals surface area contributed by atoms with E-state index in [0.717, 1.165) is 5.69 Å². The van der Waals surface area contributed by atoms with Crippen molar-refractivity contribution >= 4 is 16.8 Å². The predicted octanol–water partition coefficient (Wildman–Crippen LogP) is 1.16. The highest BCUT2D eigenvalue weighted by Crippen LogP contribution is 2.18. The normalized spacial score (nSPS) is 10.4. The summed E-state index contributed by atoms with van der Waals surface area (Å²) < 4.78 is 4.86. The van der Waals surface area contributed by atoms with Gasteiger partial charge in [-0.15, -0.1) is 0 Å². The number of nitrogens with one attached hydrogen (secondary N) is 2. The molecule has 0 aliphatic carbocycles. The minimum Gasteiger partial charge on any atom is -0.408 e. The molecule has 0 bridgehead atoms. The second-order valence-electron chi connectivity index (χ2n) is 2.44. The molecule has 0 radical (unpaired) electrons. The molecule has 62 valence electrons. The van der Waals surface area contributed by atoms with Crippen LogP contribution in [0.2, 0.25) is 0 Å². The molecule has 1 heterocycles. The van der Waals surface area contributed by atoms with Crippen LogP contribution in [0.25, 0.3) is 11.1 Å². The zero-order valence-corrected chi connectivity index (χ0v) is 6.55. The maximum absolute atomic E-state index is 10.8. The highest BCUT2D eigenvalue weighted by molar-refractivity contribution is 5.86. The molecule has 1 aromatic heterocycles. The lowest BCUT2D eigenvalue weighted by atomic mass is 10.3. The Balaban J connectivity index is 2.87. The number of hydrogen-bond acceptors (Lipinski definition) is 3. The molecule has 0 spiro atoms. The molecule has 2 N–H and O–H groups in total. The molecule has 0 atom stereocenters. The van der Waals surface area contributed by atoms with Crippen LogP contribution in [-0.2, 0) is 0 Å².